The number of hydrogen-bond acceptors (Lipinski definition) is 3. The largest absolute Gasteiger partial charge is 0.387 e. The third-order valence-electron chi connectivity index (χ3n) is 3.05. The van der Waals surface area contributed by atoms with Crippen molar-refractivity contribution in [3.63, 3.8) is 0 Å². The van der Waals surface area contributed by atoms with Crippen LogP contribution in [-0.2, 0) is 0 Å². The maximum Gasteiger partial charge on any atom is 0.0872 e. The predicted molar refractivity (Wildman–Crippen MR) is 68.2 cm³/mol. The Morgan fingerprint density at radius 2 is 1.94 bits per heavy atom. The first-order valence-corrected chi connectivity index (χ1v) is 6.08. The van der Waals surface area contributed by atoms with Gasteiger partial charge in [-0.05, 0) is 45.4 Å². The van der Waals surface area contributed by atoms with E-state index >= 15 is 0 Å². The maximum absolute atomic E-state index is 9.49. The second-order valence-corrected chi connectivity index (χ2v) is 4.66. The van der Waals surface area contributed by atoms with Gasteiger partial charge >= 0.3 is 0 Å². The summed E-state index contributed by atoms with van der Waals surface area (Å²) in [4.78, 5) is 2.47. The fraction of sp³-hybridized carbons (Fsp3) is 0.692. The number of likely N-dealkylation sites (tertiary alicyclic amines) is 1. The van der Waals surface area contributed by atoms with E-state index in [1.165, 1.54) is 31.5 Å². The van der Waals surface area contributed by atoms with E-state index in [9.17, 15) is 5.11 Å². The summed E-state index contributed by atoms with van der Waals surface area (Å²) in [5.74, 6) is 0. The normalized spacial score (nSPS) is 21.5. The zero-order valence-corrected chi connectivity index (χ0v) is 10.4. The fourth-order valence-electron chi connectivity index (χ4n) is 1.92. The van der Waals surface area contributed by atoms with Gasteiger partial charge in [-0.3, -0.25) is 4.90 Å². The molecule has 92 valence electrons. The van der Waals surface area contributed by atoms with Crippen LogP contribution in [0, 0.1) is 0 Å². The fourth-order valence-corrected chi connectivity index (χ4v) is 1.92. The van der Waals surface area contributed by atoms with Crippen LogP contribution in [0.25, 0.3) is 0 Å². The molecule has 1 unspecified atom stereocenters. The maximum atomic E-state index is 9.49. The van der Waals surface area contributed by atoms with Crippen molar-refractivity contribution in [2.45, 2.75) is 32.8 Å². The van der Waals surface area contributed by atoms with Crippen molar-refractivity contribution in [1.29, 1.82) is 0 Å². The Bertz CT molecular complexity index is 265. The van der Waals surface area contributed by atoms with Crippen LogP contribution in [0.5, 0.6) is 0 Å². The molecule has 0 aromatic carbocycles. The number of nitrogens with two attached hydrogens (primary N) is 1. The van der Waals surface area contributed by atoms with Crippen LogP contribution >= 0.6 is 0 Å². The van der Waals surface area contributed by atoms with Crippen molar-refractivity contribution in [1.82, 2.24) is 4.90 Å². The Hall–Kier alpha value is -0.640. The minimum absolute atomic E-state index is 0.293. The lowest BCUT2D eigenvalue weighted by atomic mass is 10.1. The van der Waals surface area contributed by atoms with Gasteiger partial charge in [0.1, 0.15) is 0 Å². The van der Waals surface area contributed by atoms with Crippen LogP contribution in [-0.4, -0.2) is 42.3 Å². The van der Waals surface area contributed by atoms with Crippen molar-refractivity contribution in [2.24, 2.45) is 5.73 Å². The smallest absolute Gasteiger partial charge is 0.0872 e. The molecule has 0 amide bonds. The van der Waals surface area contributed by atoms with Gasteiger partial charge in [-0.15, -0.1) is 0 Å². The summed E-state index contributed by atoms with van der Waals surface area (Å²) in [6.45, 7) is 7.83. The zero-order chi connectivity index (χ0) is 12.0. The van der Waals surface area contributed by atoms with E-state index < -0.39 is 6.10 Å². The van der Waals surface area contributed by atoms with Gasteiger partial charge in [0, 0.05) is 13.1 Å². The highest BCUT2D eigenvalue weighted by Crippen LogP contribution is 2.10. The van der Waals surface area contributed by atoms with Gasteiger partial charge in [0.2, 0.25) is 0 Å². The molecule has 16 heavy (non-hydrogen) atoms. The molecule has 0 aromatic heterocycles. The highest BCUT2D eigenvalue weighted by Gasteiger charge is 2.10. The Kier molecular flexibility index (Phi) is 5.74. The third-order valence-corrected chi connectivity index (χ3v) is 3.05. The van der Waals surface area contributed by atoms with E-state index in [0.29, 0.717) is 6.54 Å². The standard InChI is InChI=1S/C13H24N2O/c1-11(10-15-7-3-4-8-15)5-6-12(2)13(16)9-14/h5-6,13,16H,3-4,7-10,14H2,1-2H3/b11-5+,12-6+. The van der Waals surface area contributed by atoms with Crippen LogP contribution < -0.4 is 5.73 Å². The first-order chi connectivity index (χ1) is 7.63. The van der Waals surface area contributed by atoms with Crippen molar-refractivity contribution < 1.29 is 5.11 Å². The molecule has 3 N–H and O–H groups in total. The van der Waals surface area contributed by atoms with Gasteiger partial charge in [0.25, 0.3) is 0 Å². The molecule has 0 bridgehead atoms. The molecule has 1 rings (SSSR count). The van der Waals surface area contributed by atoms with Crippen LogP contribution in [0.2, 0.25) is 0 Å². The van der Waals surface area contributed by atoms with Crippen LogP contribution in [0.4, 0.5) is 0 Å². The molecule has 0 radical (unpaired) electrons. The SMILES string of the molecule is C/C(=C\C=C(/C)C(O)CN)CN1CCCC1. The van der Waals surface area contributed by atoms with E-state index in [2.05, 4.69) is 17.9 Å². The molecule has 0 aliphatic carbocycles. The molecule has 0 saturated carbocycles. The van der Waals surface area contributed by atoms with Gasteiger partial charge in [0.05, 0.1) is 6.10 Å². The molecule has 3 nitrogen and oxygen atoms in total. The summed E-state index contributed by atoms with van der Waals surface area (Å²) in [6.07, 6.45) is 6.22. The van der Waals surface area contributed by atoms with E-state index in [0.717, 1.165) is 12.1 Å². The second kappa shape index (κ2) is 6.84. The number of aliphatic hydroxyl groups is 1. The number of hydrogen-bond donors (Lipinski definition) is 2. The van der Waals surface area contributed by atoms with Gasteiger partial charge in [-0.2, -0.15) is 0 Å². The molecule has 1 aliphatic heterocycles. The van der Waals surface area contributed by atoms with Crippen LogP contribution in [0.3, 0.4) is 0 Å². The number of nitrogens with zero attached hydrogens (tertiary/aromatic N) is 1. The van der Waals surface area contributed by atoms with E-state index in [1.54, 1.807) is 0 Å². The minimum atomic E-state index is -0.504. The highest BCUT2D eigenvalue weighted by molar-refractivity contribution is 5.19. The molecular weight excluding hydrogens is 200 g/mol. The summed E-state index contributed by atoms with van der Waals surface area (Å²) in [7, 11) is 0. The minimum Gasteiger partial charge on any atom is -0.387 e. The molecule has 1 saturated heterocycles. The molecule has 1 atom stereocenters. The van der Waals surface area contributed by atoms with Gasteiger partial charge in [0.15, 0.2) is 0 Å². The molecule has 1 fully saturated rings. The summed E-state index contributed by atoms with van der Waals surface area (Å²) < 4.78 is 0. The van der Waals surface area contributed by atoms with E-state index in [-0.39, 0.29) is 0 Å². The lowest BCUT2D eigenvalue weighted by molar-refractivity contribution is 0.219. The van der Waals surface area contributed by atoms with Crippen LogP contribution in [0.1, 0.15) is 26.7 Å². The van der Waals surface area contributed by atoms with Crippen molar-refractivity contribution in [3.8, 4) is 0 Å². The first-order valence-electron chi connectivity index (χ1n) is 6.08. The summed E-state index contributed by atoms with van der Waals surface area (Å²) >= 11 is 0. The first kappa shape index (κ1) is 13.4. The predicted octanol–water partition coefficient (Wildman–Crippen LogP) is 1.29. The van der Waals surface area contributed by atoms with Gasteiger partial charge < -0.3 is 10.8 Å². The molecule has 0 aromatic rings. The second-order valence-electron chi connectivity index (χ2n) is 4.66. The summed E-state index contributed by atoms with van der Waals surface area (Å²) in [5.41, 5.74) is 7.66. The quantitative estimate of drug-likeness (QED) is 0.692. The number of allylic oxidation sites excluding steroid dienone is 2. The summed E-state index contributed by atoms with van der Waals surface area (Å²) in [6, 6.07) is 0. The van der Waals surface area contributed by atoms with Gasteiger partial charge in [-0.1, -0.05) is 17.7 Å². The van der Waals surface area contributed by atoms with E-state index in [4.69, 9.17) is 5.73 Å². The van der Waals surface area contributed by atoms with Crippen molar-refractivity contribution >= 4 is 0 Å². The molecule has 1 aliphatic rings. The number of aliphatic hydroxyl groups excluding tert-OH is 1. The average Bonchev–Trinajstić information content (AvgIpc) is 2.77. The van der Waals surface area contributed by atoms with E-state index in [1.807, 2.05) is 13.0 Å². The van der Waals surface area contributed by atoms with Crippen molar-refractivity contribution in [2.75, 3.05) is 26.2 Å². The van der Waals surface area contributed by atoms with Gasteiger partial charge in [-0.25, -0.2) is 0 Å². The lowest BCUT2D eigenvalue weighted by Gasteiger charge is -2.14. The molecule has 1 heterocycles. The molecule has 3 heteroatoms. The Balaban J connectivity index is 2.42. The monoisotopic (exact) mass is 224 g/mol. The zero-order valence-electron chi connectivity index (χ0n) is 10.4. The molecular formula is C13H24N2O. The lowest BCUT2D eigenvalue weighted by Crippen LogP contribution is -2.21. The van der Waals surface area contributed by atoms with Crippen LogP contribution in [0.15, 0.2) is 23.3 Å². The third kappa shape index (κ3) is 4.47. The topological polar surface area (TPSA) is 49.5 Å². The Labute approximate surface area is 98.6 Å². The average molecular weight is 224 g/mol. The van der Waals surface area contributed by atoms with Crippen molar-refractivity contribution in [3.05, 3.63) is 23.3 Å². The Morgan fingerprint density at radius 3 is 2.50 bits per heavy atom. The molecule has 0 spiro atoms. The highest BCUT2D eigenvalue weighted by atomic mass is 16.3. The Morgan fingerprint density at radius 1 is 1.31 bits per heavy atom. The number of rotatable bonds is 5. The summed E-state index contributed by atoms with van der Waals surface area (Å²) in [5, 5.41) is 9.49.